The number of hydrogen-bond donors (Lipinski definition) is 1. The largest absolute Gasteiger partial charge is 0.454 e. The van der Waals surface area contributed by atoms with Crippen LogP contribution in [-0.4, -0.2) is 39.9 Å². The molecule has 30 heavy (non-hydrogen) atoms. The number of carbonyl (C=O) groups is 2. The Kier molecular flexibility index (Phi) is 4.30. The number of ether oxygens (including phenoxy) is 2. The van der Waals surface area contributed by atoms with Crippen LogP contribution in [0.25, 0.3) is 11.0 Å². The van der Waals surface area contributed by atoms with Gasteiger partial charge in [-0.25, -0.2) is 9.67 Å². The third-order valence-corrected chi connectivity index (χ3v) is 5.35. The fraction of sp³-hybridized carbons (Fsp3) is 0.333. The third kappa shape index (κ3) is 3.12. The highest BCUT2D eigenvalue weighted by molar-refractivity contribution is 6.04. The summed E-state index contributed by atoms with van der Waals surface area (Å²) in [5.41, 5.74) is 2.06. The second-order valence-corrected chi connectivity index (χ2v) is 7.75. The number of amides is 2. The molecule has 9 heteroatoms. The Morgan fingerprint density at radius 3 is 2.87 bits per heavy atom. The number of anilines is 2. The Morgan fingerprint density at radius 2 is 2.03 bits per heavy atom. The predicted molar refractivity (Wildman–Crippen MR) is 110 cm³/mol. The van der Waals surface area contributed by atoms with E-state index >= 15 is 0 Å². The van der Waals surface area contributed by atoms with Crippen LogP contribution in [0, 0.1) is 5.92 Å². The number of pyridine rings is 1. The molecule has 0 spiro atoms. The van der Waals surface area contributed by atoms with E-state index in [9.17, 15) is 9.59 Å². The van der Waals surface area contributed by atoms with Gasteiger partial charge in [0.2, 0.25) is 18.6 Å². The standard InChI is InChI=1S/C21H21N5O4/c1-12(2)26-20-13(8-23-26)5-15(9-22-20)24-21(28)14-6-19(27)25(10-14)16-3-4-17-18(7-16)30-11-29-17/h3-5,7-9,12,14H,6,10-11H2,1-2H3,(H,24,28). The maximum absolute atomic E-state index is 12.8. The zero-order valence-corrected chi connectivity index (χ0v) is 16.7. The summed E-state index contributed by atoms with van der Waals surface area (Å²) >= 11 is 0. The van der Waals surface area contributed by atoms with Gasteiger partial charge in [0.25, 0.3) is 0 Å². The summed E-state index contributed by atoms with van der Waals surface area (Å²) in [6.07, 6.45) is 3.51. The first-order valence-electron chi connectivity index (χ1n) is 9.84. The molecule has 9 nitrogen and oxygen atoms in total. The fourth-order valence-corrected chi connectivity index (χ4v) is 3.82. The minimum atomic E-state index is -0.447. The molecule has 2 aromatic heterocycles. The van der Waals surface area contributed by atoms with Gasteiger partial charge in [0.15, 0.2) is 17.1 Å². The maximum Gasteiger partial charge on any atom is 0.231 e. The van der Waals surface area contributed by atoms with Crippen molar-refractivity contribution in [3.8, 4) is 11.5 Å². The average molecular weight is 407 g/mol. The fourth-order valence-electron chi connectivity index (χ4n) is 3.82. The first kappa shape index (κ1) is 18.4. The highest BCUT2D eigenvalue weighted by Gasteiger charge is 2.35. The molecule has 3 aromatic rings. The summed E-state index contributed by atoms with van der Waals surface area (Å²) in [6, 6.07) is 7.39. The zero-order valence-electron chi connectivity index (χ0n) is 16.7. The van der Waals surface area contributed by atoms with Crippen LogP contribution < -0.4 is 19.7 Å². The van der Waals surface area contributed by atoms with Crippen molar-refractivity contribution in [3.63, 3.8) is 0 Å². The van der Waals surface area contributed by atoms with E-state index in [1.165, 1.54) is 0 Å². The van der Waals surface area contributed by atoms with E-state index in [1.807, 2.05) is 24.6 Å². The Labute approximate surface area is 172 Å². The third-order valence-electron chi connectivity index (χ3n) is 5.35. The lowest BCUT2D eigenvalue weighted by molar-refractivity contribution is -0.122. The summed E-state index contributed by atoms with van der Waals surface area (Å²) in [7, 11) is 0. The summed E-state index contributed by atoms with van der Waals surface area (Å²) in [6.45, 7) is 4.55. The molecule has 2 amide bonds. The van der Waals surface area contributed by atoms with Crippen molar-refractivity contribution in [1.29, 1.82) is 0 Å². The van der Waals surface area contributed by atoms with Crippen LogP contribution in [0.2, 0.25) is 0 Å². The van der Waals surface area contributed by atoms with Gasteiger partial charge in [-0.3, -0.25) is 9.59 Å². The number of benzene rings is 1. The SMILES string of the molecule is CC(C)n1ncc2cc(NC(=O)C3CC(=O)N(c4ccc5c(c4)OCO5)C3)cnc21. The average Bonchev–Trinajstić information content (AvgIpc) is 3.44. The van der Waals surface area contributed by atoms with Gasteiger partial charge in [0.1, 0.15) is 0 Å². The van der Waals surface area contributed by atoms with E-state index in [2.05, 4.69) is 15.4 Å². The second kappa shape index (κ2) is 7.01. The summed E-state index contributed by atoms with van der Waals surface area (Å²) in [5, 5.41) is 8.08. The van der Waals surface area contributed by atoms with Crippen molar-refractivity contribution < 1.29 is 19.1 Å². The van der Waals surface area contributed by atoms with Gasteiger partial charge in [-0.1, -0.05) is 0 Å². The molecule has 1 fully saturated rings. The molecule has 0 radical (unpaired) electrons. The number of hydrogen-bond acceptors (Lipinski definition) is 6. The molecule has 1 unspecified atom stereocenters. The minimum absolute atomic E-state index is 0.0965. The molecule has 1 saturated heterocycles. The van der Waals surface area contributed by atoms with Gasteiger partial charge >= 0.3 is 0 Å². The van der Waals surface area contributed by atoms with Crippen molar-refractivity contribution in [3.05, 3.63) is 36.7 Å². The Morgan fingerprint density at radius 1 is 1.20 bits per heavy atom. The van der Waals surface area contributed by atoms with Crippen molar-refractivity contribution in [1.82, 2.24) is 14.8 Å². The number of fused-ring (bicyclic) bond motifs is 2. The van der Waals surface area contributed by atoms with Gasteiger partial charge in [-0.2, -0.15) is 5.10 Å². The van der Waals surface area contributed by atoms with E-state index in [4.69, 9.17) is 9.47 Å². The maximum atomic E-state index is 12.8. The number of carbonyl (C=O) groups excluding carboxylic acids is 2. The van der Waals surface area contributed by atoms with Crippen molar-refractivity contribution in [2.45, 2.75) is 26.3 Å². The van der Waals surface area contributed by atoms with Crippen molar-refractivity contribution in [2.75, 3.05) is 23.6 Å². The summed E-state index contributed by atoms with van der Waals surface area (Å²) < 4.78 is 12.5. The minimum Gasteiger partial charge on any atom is -0.454 e. The van der Waals surface area contributed by atoms with Gasteiger partial charge in [-0.05, 0) is 32.0 Å². The molecule has 0 bridgehead atoms. The first-order valence-corrected chi connectivity index (χ1v) is 9.84. The van der Waals surface area contributed by atoms with E-state index in [1.54, 1.807) is 35.5 Å². The Hall–Kier alpha value is -3.62. The molecular formula is C21H21N5O4. The topological polar surface area (TPSA) is 98.6 Å². The first-order chi connectivity index (χ1) is 14.5. The lowest BCUT2D eigenvalue weighted by Crippen LogP contribution is -2.28. The molecule has 4 heterocycles. The molecule has 1 aromatic carbocycles. The lowest BCUT2D eigenvalue weighted by Gasteiger charge is -2.17. The van der Waals surface area contributed by atoms with E-state index < -0.39 is 5.92 Å². The molecule has 2 aliphatic rings. The Balaban J connectivity index is 1.30. The molecule has 0 aliphatic carbocycles. The Bertz CT molecular complexity index is 1160. The lowest BCUT2D eigenvalue weighted by atomic mass is 10.1. The van der Waals surface area contributed by atoms with Gasteiger partial charge in [-0.15, -0.1) is 0 Å². The van der Waals surface area contributed by atoms with Gasteiger partial charge in [0, 0.05) is 36.1 Å². The quantitative estimate of drug-likeness (QED) is 0.714. The van der Waals surface area contributed by atoms with Crippen LogP contribution in [0.1, 0.15) is 26.3 Å². The molecule has 1 N–H and O–H groups in total. The van der Waals surface area contributed by atoms with Gasteiger partial charge in [0.05, 0.1) is 24.0 Å². The van der Waals surface area contributed by atoms with Gasteiger partial charge < -0.3 is 19.7 Å². The van der Waals surface area contributed by atoms with E-state index in [0.29, 0.717) is 29.4 Å². The van der Waals surface area contributed by atoms with Crippen LogP contribution in [-0.2, 0) is 9.59 Å². The number of nitrogens with one attached hydrogen (secondary N) is 1. The molecule has 1 atom stereocenters. The number of rotatable bonds is 4. The highest BCUT2D eigenvalue weighted by Crippen LogP contribution is 2.37. The molecular weight excluding hydrogens is 386 g/mol. The monoisotopic (exact) mass is 407 g/mol. The number of aromatic nitrogens is 3. The molecule has 2 aliphatic heterocycles. The number of nitrogens with zero attached hydrogens (tertiary/aromatic N) is 4. The normalized spacial score (nSPS) is 17.9. The van der Waals surface area contributed by atoms with Crippen LogP contribution >= 0.6 is 0 Å². The summed E-state index contributed by atoms with van der Waals surface area (Å²) in [5.74, 6) is 0.514. The van der Waals surface area contributed by atoms with Crippen LogP contribution in [0.3, 0.4) is 0 Å². The van der Waals surface area contributed by atoms with Crippen molar-refractivity contribution in [2.24, 2.45) is 5.92 Å². The smallest absolute Gasteiger partial charge is 0.231 e. The zero-order chi connectivity index (χ0) is 20.8. The van der Waals surface area contributed by atoms with E-state index in [0.717, 1.165) is 11.0 Å². The summed E-state index contributed by atoms with van der Waals surface area (Å²) in [4.78, 5) is 31.4. The molecule has 154 valence electrons. The molecule has 5 rings (SSSR count). The van der Waals surface area contributed by atoms with Crippen molar-refractivity contribution >= 4 is 34.2 Å². The van der Waals surface area contributed by atoms with Crippen LogP contribution in [0.4, 0.5) is 11.4 Å². The van der Waals surface area contributed by atoms with Crippen LogP contribution in [0.15, 0.2) is 36.7 Å². The second-order valence-electron chi connectivity index (χ2n) is 7.75. The predicted octanol–water partition coefficient (Wildman–Crippen LogP) is 2.73. The van der Waals surface area contributed by atoms with E-state index in [-0.39, 0.29) is 31.1 Å². The molecule has 0 saturated carbocycles. The highest BCUT2D eigenvalue weighted by atomic mass is 16.7. The van der Waals surface area contributed by atoms with Crippen LogP contribution in [0.5, 0.6) is 11.5 Å².